The van der Waals surface area contributed by atoms with E-state index in [0.29, 0.717) is 54.0 Å². The van der Waals surface area contributed by atoms with Crippen LogP contribution in [0, 0.1) is 31.6 Å². The summed E-state index contributed by atoms with van der Waals surface area (Å²) in [6.45, 7) is 15.5. The van der Waals surface area contributed by atoms with E-state index in [9.17, 15) is 47.9 Å². The van der Waals surface area contributed by atoms with E-state index in [2.05, 4.69) is 42.8 Å². The van der Waals surface area contributed by atoms with Gasteiger partial charge in [0.15, 0.2) is 0 Å². The molecule has 0 spiro atoms. The number of amides is 10. The number of hydrazine groups is 1. The van der Waals surface area contributed by atoms with Crippen LogP contribution in [0.1, 0.15) is 164 Å². The van der Waals surface area contributed by atoms with E-state index in [1.165, 1.54) is 27.6 Å². The lowest BCUT2D eigenvalue weighted by atomic mass is 9.97. The predicted octanol–water partition coefficient (Wildman–Crippen LogP) is 3.88. The maximum Gasteiger partial charge on any atom is 0.279 e. The number of carbonyl (C=O) groups excluding carboxylic acids is 10. The number of thiophene rings is 2. The Kier molecular flexibility index (Phi) is 23.6. The van der Waals surface area contributed by atoms with Gasteiger partial charge in [0.05, 0.1) is 9.75 Å². The molecule has 3 aromatic rings. The van der Waals surface area contributed by atoms with Crippen LogP contribution in [0.25, 0.3) is 11.1 Å². The van der Waals surface area contributed by atoms with Crippen LogP contribution >= 0.6 is 22.7 Å². The van der Waals surface area contributed by atoms with Crippen molar-refractivity contribution in [3.05, 3.63) is 78.7 Å². The number of benzene rings is 1. The molecule has 1 unspecified atom stereocenters. The Morgan fingerprint density at radius 1 is 0.535 bits per heavy atom. The number of nitrogens with one attached hydrogen (secondary N) is 8. The summed E-state index contributed by atoms with van der Waals surface area (Å²) in [4.78, 5) is 149. The van der Waals surface area contributed by atoms with Crippen molar-refractivity contribution in [3.63, 3.8) is 0 Å². The van der Waals surface area contributed by atoms with Gasteiger partial charge in [0.25, 0.3) is 17.7 Å². The normalized spacial score (nSPS) is 24.8. The predicted molar refractivity (Wildman–Crippen MR) is 331 cm³/mol. The summed E-state index contributed by atoms with van der Waals surface area (Å²) in [6.07, 6.45) is 4.92. The Morgan fingerprint density at radius 3 is 1.55 bits per heavy atom. The van der Waals surface area contributed by atoms with Crippen molar-refractivity contribution in [1.29, 1.82) is 0 Å². The maximum absolute atomic E-state index is 14.9. The summed E-state index contributed by atoms with van der Waals surface area (Å²) < 4.78 is 0. The molecule has 10 amide bonds. The molecule has 0 saturated carbocycles. The molecule has 4 bridgehead atoms. The van der Waals surface area contributed by atoms with Gasteiger partial charge in [-0.05, 0) is 162 Å². The summed E-state index contributed by atoms with van der Waals surface area (Å²) in [7, 11) is 0. The lowest BCUT2D eigenvalue weighted by molar-refractivity contribution is -0.143. The molecular weight excluding hydrogens is 1140 g/mol. The second kappa shape index (κ2) is 30.6. The van der Waals surface area contributed by atoms with Gasteiger partial charge in [-0.25, -0.2) is 0 Å². The number of hydrogen-bond acceptors (Lipinski definition) is 14. The molecule has 7 rings (SSSR count). The van der Waals surface area contributed by atoms with Crippen molar-refractivity contribution in [3.8, 4) is 0 Å². The third-order valence-electron chi connectivity index (χ3n) is 16.5. The number of nitrogens with two attached hydrogens (primary N) is 2. The summed E-state index contributed by atoms with van der Waals surface area (Å²) in [6, 6.07) is 3.69. The van der Waals surface area contributed by atoms with Crippen LogP contribution in [0.3, 0.4) is 0 Å². The Morgan fingerprint density at radius 2 is 1.01 bits per heavy atom. The molecule has 8 atom stereocenters. The van der Waals surface area contributed by atoms with Gasteiger partial charge in [-0.3, -0.25) is 58.8 Å². The number of fused-ring (bicyclic) bond motifs is 8. The Labute approximate surface area is 512 Å². The van der Waals surface area contributed by atoms with Crippen LogP contribution in [-0.2, 0) is 44.8 Å². The van der Waals surface area contributed by atoms with Gasteiger partial charge in [0.2, 0.25) is 41.4 Å². The van der Waals surface area contributed by atoms with E-state index >= 15 is 0 Å². The van der Waals surface area contributed by atoms with E-state index in [1.807, 2.05) is 39.8 Å². The van der Waals surface area contributed by atoms with Crippen LogP contribution in [0.15, 0.2) is 42.5 Å². The third kappa shape index (κ3) is 16.5. The molecule has 2 aromatic heterocycles. The SMILES string of the molecule is Cc1sc2cc1C1=C(CCC1)c1cc(sc1C)C(=O)N1CCC[C@H]1C(=O)N[C@@H](C(C)C)C(=O)N[C@@H](CCCN)C(=O)N[C@@H](CC(C)C)C(=O)N[C@H](Cc1ccccc1)C(=O)N1CCC[C@H]1C(=O)N[C@@H](C(C)C)C(=O)NC(CCCN)C(=O)NNC2=O. The molecule has 22 nitrogen and oxygen atoms in total. The molecule has 2 saturated heterocycles. The molecular formula is C62H88N12O10S2. The average molecular weight is 1230 g/mol. The zero-order valence-electron chi connectivity index (χ0n) is 50.9. The summed E-state index contributed by atoms with van der Waals surface area (Å²) in [5.74, 6) is -7.04. The zero-order chi connectivity index (χ0) is 62.5. The van der Waals surface area contributed by atoms with Crippen LogP contribution < -0.4 is 54.2 Å². The molecule has 1 aromatic carbocycles. The highest BCUT2D eigenvalue weighted by Crippen LogP contribution is 2.45. The molecule has 5 heterocycles. The number of carbonyl (C=O) groups is 10. The first-order chi connectivity index (χ1) is 41.0. The standard InChI is InChI=1S/C62H88N12O10S2/c1-33(2)29-45-54(76)68-46(30-38-17-10-9-11-18-38)61(83)73-27-15-23-47(73)56(78)69-52(35(5)6)60(82)66-44(22-14-26-64)55(77)71-72-58(80)49-31-41(36(7)85-49)39-19-12-20-40(39)42-32-50(86-37(42)8)62(84)74-28-16-24-48(74)57(79)70-51(34(3)4)59(81)65-43(21-13-25-63)53(75)67-45/h9-11,17-18,31-35,43-48,51-52H,12-16,19-30,63-64H2,1-8H3,(H,65,81)(H,66,82)(H,67,75)(H,68,76)(H,69,78)(H,70,79)(H,71,77)(H,72,80)/t43-,44?,45-,46+,47-,48-,51-,52-/m0/s1. The highest BCUT2D eigenvalue weighted by Gasteiger charge is 2.42. The summed E-state index contributed by atoms with van der Waals surface area (Å²) >= 11 is 2.60. The minimum atomic E-state index is -1.22. The first-order valence-electron chi connectivity index (χ1n) is 30.4. The molecule has 1 aliphatic carbocycles. The first-order valence-corrected chi connectivity index (χ1v) is 32.1. The fourth-order valence-corrected chi connectivity index (χ4v) is 13.8. The number of rotatable bonds is 12. The van der Waals surface area contributed by atoms with Crippen molar-refractivity contribution in [2.24, 2.45) is 29.2 Å². The van der Waals surface area contributed by atoms with Gasteiger partial charge >= 0.3 is 0 Å². The first kappa shape index (κ1) is 66.5. The molecule has 86 heavy (non-hydrogen) atoms. The van der Waals surface area contributed by atoms with Crippen LogP contribution in [0.4, 0.5) is 0 Å². The van der Waals surface area contributed by atoms with E-state index < -0.39 is 113 Å². The smallest absolute Gasteiger partial charge is 0.279 e. The van der Waals surface area contributed by atoms with Crippen molar-refractivity contribution in [1.82, 2.24) is 52.6 Å². The van der Waals surface area contributed by atoms with Crippen LogP contribution in [0.2, 0.25) is 0 Å². The second-order valence-corrected chi connectivity index (χ2v) is 26.7. The fraction of sp³-hybridized carbons (Fsp3) is 0.581. The molecule has 468 valence electrons. The number of aryl methyl sites for hydroxylation is 2. The van der Waals surface area contributed by atoms with Gasteiger partial charge in [-0.2, -0.15) is 0 Å². The third-order valence-corrected chi connectivity index (χ3v) is 18.6. The Bertz CT molecular complexity index is 3010. The molecule has 12 N–H and O–H groups in total. The average Bonchev–Trinajstić information content (AvgIpc) is 4.10. The van der Waals surface area contributed by atoms with Gasteiger partial charge in [0, 0.05) is 29.3 Å². The van der Waals surface area contributed by atoms with Crippen molar-refractivity contribution in [2.45, 2.75) is 187 Å². The fourth-order valence-electron chi connectivity index (χ4n) is 11.9. The quantitative estimate of drug-likeness (QED) is 0.124. The Hall–Kier alpha value is -7.02. The largest absolute Gasteiger partial charge is 0.343 e. The zero-order valence-corrected chi connectivity index (χ0v) is 52.5. The van der Waals surface area contributed by atoms with E-state index in [4.69, 9.17) is 11.5 Å². The molecule has 0 radical (unpaired) electrons. The van der Waals surface area contributed by atoms with Crippen molar-refractivity contribution < 1.29 is 47.9 Å². The highest BCUT2D eigenvalue weighted by molar-refractivity contribution is 7.14. The van der Waals surface area contributed by atoms with Gasteiger partial charge in [-0.15, -0.1) is 22.7 Å². The maximum atomic E-state index is 14.9. The second-order valence-electron chi connectivity index (χ2n) is 24.1. The topological polar surface area (TPSA) is 325 Å². The minimum Gasteiger partial charge on any atom is -0.343 e. The number of nitrogens with zero attached hydrogens (tertiary/aromatic N) is 2. The monoisotopic (exact) mass is 1220 g/mol. The van der Waals surface area contributed by atoms with E-state index in [0.717, 1.165) is 51.3 Å². The van der Waals surface area contributed by atoms with Gasteiger partial charge in [0.1, 0.15) is 48.3 Å². The molecule has 24 heteroatoms. The number of allylic oxidation sites excluding steroid dienone is 2. The lowest BCUT2D eigenvalue weighted by Gasteiger charge is -2.32. The van der Waals surface area contributed by atoms with E-state index in [-0.39, 0.29) is 63.6 Å². The number of hydrogen-bond donors (Lipinski definition) is 10. The minimum absolute atomic E-state index is 0.0222. The molecule has 3 aliphatic heterocycles. The summed E-state index contributed by atoms with van der Waals surface area (Å²) in [5, 5.41) is 17.1. The van der Waals surface area contributed by atoms with Crippen LogP contribution in [0.5, 0.6) is 0 Å². The molecule has 4 aliphatic rings. The van der Waals surface area contributed by atoms with Crippen molar-refractivity contribution in [2.75, 3.05) is 26.2 Å². The molecule has 2 fully saturated rings. The summed E-state index contributed by atoms with van der Waals surface area (Å²) in [5.41, 5.74) is 21.4. The van der Waals surface area contributed by atoms with Crippen LogP contribution in [-0.4, -0.2) is 143 Å². The van der Waals surface area contributed by atoms with Crippen molar-refractivity contribution >= 4 is 92.9 Å². The highest BCUT2D eigenvalue weighted by atomic mass is 32.1. The van der Waals surface area contributed by atoms with E-state index in [1.54, 1.807) is 62.9 Å². The van der Waals surface area contributed by atoms with Gasteiger partial charge in [-0.1, -0.05) is 71.9 Å². The lowest BCUT2D eigenvalue weighted by Crippen LogP contribution is -2.61. The van der Waals surface area contributed by atoms with Gasteiger partial charge < -0.3 is 53.2 Å². The Balaban J connectivity index is 1.23.